The number of aromatic nitrogens is 2. The van der Waals surface area contributed by atoms with Crippen LogP contribution in [0.4, 0.5) is 0 Å². The number of ether oxygens (including phenoxy) is 1. The number of hydrogen-bond donors (Lipinski definition) is 1. The van der Waals surface area contributed by atoms with Gasteiger partial charge in [-0.1, -0.05) is 12.1 Å². The highest BCUT2D eigenvalue weighted by atomic mass is 16.5. The highest BCUT2D eigenvalue weighted by molar-refractivity contribution is 5.83. The van der Waals surface area contributed by atoms with E-state index in [1.54, 1.807) is 6.20 Å². The summed E-state index contributed by atoms with van der Waals surface area (Å²) in [6.07, 6.45) is 4.22. The van der Waals surface area contributed by atoms with Crippen LogP contribution >= 0.6 is 0 Å². The van der Waals surface area contributed by atoms with E-state index in [9.17, 15) is 0 Å². The van der Waals surface area contributed by atoms with E-state index in [-0.39, 0.29) is 6.10 Å². The van der Waals surface area contributed by atoms with Crippen molar-refractivity contribution >= 4 is 10.9 Å². The molecule has 4 heteroatoms. The SMILES string of the molecule is c1ccc2c(OC3CCCNC3)cnnc2c1. The van der Waals surface area contributed by atoms with Gasteiger partial charge in [0.15, 0.2) is 0 Å². The molecule has 0 radical (unpaired) electrons. The second kappa shape index (κ2) is 4.67. The third kappa shape index (κ3) is 2.22. The number of benzene rings is 1. The maximum Gasteiger partial charge on any atom is 0.149 e. The van der Waals surface area contributed by atoms with Gasteiger partial charge in [0.05, 0.1) is 11.7 Å². The number of rotatable bonds is 2. The summed E-state index contributed by atoms with van der Waals surface area (Å²) in [6.45, 7) is 2.01. The zero-order valence-corrected chi connectivity index (χ0v) is 9.60. The predicted octanol–water partition coefficient (Wildman–Crippen LogP) is 1.76. The molecule has 1 atom stereocenters. The van der Waals surface area contributed by atoms with E-state index in [2.05, 4.69) is 15.5 Å². The van der Waals surface area contributed by atoms with Crippen LogP contribution in [0.1, 0.15) is 12.8 Å². The van der Waals surface area contributed by atoms with Crippen molar-refractivity contribution in [2.75, 3.05) is 13.1 Å². The van der Waals surface area contributed by atoms with Gasteiger partial charge in [-0.3, -0.25) is 0 Å². The van der Waals surface area contributed by atoms with Crippen molar-refractivity contribution in [2.45, 2.75) is 18.9 Å². The van der Waals surface area contributed by atoms with Crippen molar-refractivity contribution in [3.8, 4) is 5.75 Å². The fourth-order valence-corrected chi connectivity index (χ4v) is 2.18. The quantitative estimate of drug-likeness (QED) is 0.852. The van der Waals surface area contributed by atoms with Gasteiger partial charge < -0.3 is 10.1 Å². The van der Waals surface area contributed by atoms with Gasteiger partial charge in [-0.25, -0.2) is 0 Å². The normalized spacial score (nSPS) is 20.4. The fraction of sp³-hybridized carbons (Fsp3) is 0.385. The molecule has 0 saturated carbocycles. The fourth-order valence-electron chi connectivity index (χ4n) is 2.18. The van der Waals surface area contributed by atoms with Crippen LogP contribution in [0.15, 0.2) is 30.5 Å². The van der Waals surface area contributed by atoms with Gasteiger partial charge in [0.1, 0.15) is 11.9 Å². The Kier molecular flexibility index (Phi) is 2.88. The van der Waals surface area contributed by atoms with Crippen LogP contribution in [0.2, 0.25) is 0 Å². The minimum atomic E-state index is 0.247. The van der Waals surface area contributed by atoms with Crippen LogP contribution < -0.4 is 10.1 Å². The second-order valence-electron chi connectivity index (χ2n) is 4.31. The Balaban J connectivity index is 1.89. The zero-order valence-electron chi connectivity index (χ0n) is 9.60. The van der Waals surface area contributed by atoms with Crippen LogP contribution in [0.5, 0.6) is 5.75 Å². The standard InChI is InChI=1S/C13H15N3O/c1-2-6-12-11(5-1)13(9-15-16-12)17-10-4-3-7-14-8-10/h1-2,5-6,9-10,14H,3-4,7-8H2. The van der Waals surface area contributed by atoms with E-state index >= 15 is 0 Å². The second-order valence-corrected chi connectivity index (χ2v) is 4.31. The summed E-state index contributed by atoms with van der Waals surface area (Å²) >= 11 is 0. The molecule has 1 aromatic heterocycles. The van der Waals surface area contributed by atoms with Crippen molar-refractivity contribution < 1.29 is 4.74 Å². The lowest BCUT2D eigenvalue weighted by Gasteiger charge is -2.24. The molecule has 2 heterocycles. The molecule has 0 aliphatic carbocycles. The number of nitrogens with zero attached hydrogens (tertiary/aromatic N) is 2. The number of hydrogen-bond acceptors (Lipinski definition) is 4. The molecule has 1 aliphatic heterocycles. The first kappa shape index (κ1) is 10.5. The minimum Gasteiger partial charge on any atom is -0.487 e. The van der Waals surface area contributed by atoms with E-state index in [1.165, 1.54) is 6.42 Å². The first-order valence-electron chi connectivity index (χ1n) is 6.01. The molecule has 1 N–H and O–H groups in total. The topological polar surface area (TPSA) is 47.0 Å². The lowest BCUT2D eigenvalue weighted by atomic mass is 10.1. The van der Waals surface area contributed by atoms with Gasteiger partial charge in [0.25, 0.3) is 0 Å². The Labute approximate surface area is 100 Å². The molecule has 88 valence electrons. The van der Waals surface area contributed by atoms with Gasteiger partial charge in [0.2, 0.25) is 0 Å². The summed E-state index contributed by atoms with van der Waals surface area (Å²) in [4.78, 5) is 0. The summed E-state index contributed by atoms with van der Waals surface area (Å²) in [5.41, 5.74) is 0.883. The van der Waals surface area contributed by atoms with Crippen molar-refractivity contribution in [2.24, 2.45) is 0 Å². The monoisotopic (exact) mass is 229 g/mol. The molecule has 17 heavy (non-hydrogen) atoms. The molecule has 3 rings (SSSR count). The summed E-state index contributed by atoms with van der Waals surface area (Å²) in [7, 11) is 0. The van der Waals surface area contributed by atoms with E-state index in [0.717, 1.165) is 36.2 Å². The number of piperidine rings is 1. The molecule has 4 nitrogen and oxygen atoms in total. The largest absolute Gasteiger partial charge is 0.487 e. The summed E-state index contributed by atoms with van der Waals surface area (Å²) < 4.78 is 6.00. The lowest BCUT2D eigenvalue weighted by molar-refractivity contribution is 0.168. The maximum absolute atomic E-state index is 6.00. The first-order chi connectivity index (χ1) is 8.43. The predicted molar refractivity (Wildman–Crippen MR) is 66.1 cm³/mol. The van der Waals surface area contributed by atoms with Gasteiger partial charge in [-0.15, -0.1) is 0 Å². The highest BCUT2D eigenvalue weighted by Gasteiger charge is 2.15. The smallest absolute Gasteiger partial charge is 0.149 e. The molecular formula is C13H15N3O. The molecule has 1 aliphatic rings. The molecule has 1 saturated heterocycles. The average molecular weight is 229 g/mol. The first-order valence-corrected chi connectivity index (χ1v) is 6.01. The van der Waals surface area contributed by atoms with Crippen LogP contribution in [0.3, 0.4) is 0 Å². The van der Waals surface area contributed by atoms with Crippen LogP contribution in [0, 0.1) is 0 Å². The molecule has 0 amide bonds. The lowest BCUT2D eigenvalue weighted by Crippen LogP contribution is -2.37. The minimum absolute atomic E-state index is 0.247. The zero-order chi connectivity index (χ0) is 11.5. The summed E-state index contributed by atoms with van der Waals surface area (Å²) in [6, 6.07) is 7.93. The number of fused-ring (bicyclic) bond motifs is 1. The maximum atomic E-state index is 6.00. The van der Waals surface area contributed by atoms with Crippen molar-refractivity contribution in [1.29, 1.82) is 0 Å². The van der Waals surface area contributed by atoms with Crippen LogP contribution in [-0.2, 0) is 0 Å². The molecule has 2 aromatic rings. The highest BCUT2D eigenvalue weighted by Crippen LogP contribution is 2.24. The number of nitrogens with one attached hydrogen (secondary N) is 1. The van der Waals surface area contributed by atoms with Gasteiger partial charge in [-0.2, -0.15) is 10.2 Å². The molecule has 1 unspecified atom stereocenters. The Hall–Kier alpha value is -1.68. The van der Waals surface area contributed by atoms with Crippen LogP contribution in [0.25, 0.3) is 10.9 Å². The molecule has 1 aromatic carbocycles. The Morgan fingerprint density at radius 3 is 3.12 bits per heavy atom. The van der Waals surface area contributed by atoms with Crippen molar-refractivity contribution in [3.05, 3.63) is 30.5 Å². The Morgan fingerprint density at radius 1 is 1.29 bits per heavy atom. The Bertz CT molecular complexity index is 503. The van der Waals surface area contributed by atoms with E-state index < -0.39 is 0 Å². The molecule has 1 fully saturated rings. The van der Waals surface area contributed by atoms with E-state index in [4.69, 9.17) is 4.74 Å². The summed E-state index contributed by atoms with van der Waals surface area (Å²) in [5, 5.41) is 12.4. The van der Waals surface area contributed by atoms with E-state index in [0.29, 0.717) is 0 Å². The summed E-state index contributed by atoms with van der Waals surface area (Å²) in [5.74, 6) is 0.837. The molecule has 0 bridgehead atoms. The molecule has 0 spiro atoms. The Morgan fingerprint density at radius 2 is 2.24 bits per heavy atom. The van der Waals surface area contributed by atoms with Crippen molar-refractivity contribution in [1.82, 2.24) is 15.5 Å². The van der Waals surface area contributed by atoms with Crippen molar-refractivity contribution in [3.63, 3.8) is 0 Å². The molecular weight excluding hydrogens is 214 g/mol. The van der Waals surface area contributed by atoms with Gasteiger partial charge in [0, 0.05) is 11.9 Å². The van der Waals surface area contributed by atoms with Crippen LogP contribution in [-0.4, -0.2) is 29.4 Å². The van der Waals surface area contributed by atoms with E-state index in [1.807, 2.05) is 24.3 Å². The third-order valence-electron chi connectivity index (χ3n) is 3.06. The average Bonchev–Trinajstić information content (AvgIpc) is 2.40. The van der Waals surface area contributed by atoms with Gasteiger partial charge in [-0.05, 0) is 31.5 Å². The third-order valence-corrected chi connectivity index (χ3v) is 3.06. The van der Waals surface area contributed by atoms with Gasteiger partial charge >= 0.3 is 0 Å².